The molecule has 2 aromatic rings. The quantitative estimate of drug-likeness (QED) is 0.768. The number of carbonyl (C=O) groups is 2. The van der Waals surface area contributed by atoms with Gasteiger partial charge in [0.15, 0.2) is 5.78 Å². The zero-order valence-electron chi connectivity index (χ0n) is 15.4. The third-order valence-electron chi connectivity index (χ3n) is 4.27. The molecule has 1 aromatic heterocycles. The van der Waals surface area contributed by atoms with Gasteiger partial charge in [-0.1, -0.05) is 23.8 Å². The Morgan fingerprint density at radius 1 is 1.08 bits per heavy atom. The molecule has 4 nitrogen and oxygen atoms in total. The summed E-state index contributed by atoms with van der Waals surface area (Å²) >= 11 is 0. The Morgan fingerprint density at radius 2 is 1.76 bits per heavy atom. The molecular formula is C21H26N2O2. The number of nitrogens with zero attached hydrogens (tertiary/aromatic N) is 1. The SMILES string of the molecule is Cc1cc(C)c(C(=O)CCCC(=O)N[C@H](C)c2ccccn2)c(C)c1. The van der Waals surface area contributed by atoms with Crippen LogP contribution in [0, 0.1) is 20.8 Å². The van der Waals surface area contributed by atoms with Crippen molar-refractivity contribution in [1.82, 2.24) is 10.3 Å². The van der Waals surface area contributed by atoms with Crippen LogP contribution in [0.3, 0.4) is 0 Å². The fourth-order valence-electron chi connectivity index (χ4n) is 3.17. The number of nitrogens with one attached hydrogen (secondary N) is 1. The van der Waals surface area contributed by atoms with E-state index in [1.165, 1.54) is 0 Å². The Labute approximate surface area is 149 Å². The molecule has 0 saturated carbocycles. The maximum absolute atomic E-state index is 12.5. The largest absolute Gasteiger partial charge is 0.348 e. The molecule has 0 spiro atoms. The Morgan fingerprint density at radius 3 is 2.36 bits per heavy atom. The second-order valence-corrected chi connectivity index (χ2v) is 6.59. The standard InChI is InChI=1S/C21H26N2O2/c1-14-12-15(2)21(16(3)13-14)19(24)9-7-10-20(25)23-17(4)18-8-5-6-11-22-18/h5-6,8,11-13,17H,7,9-10H2,1-4H3,(H,23,25)/t17-/m1/s1. The Bertz CT molecular complexity index is 731. The lowest BCUT2D eigenvalue weighted by Crippen LogP contribution is -2.27. The molecule has 0 radical (unpaired) electrons. The summed E-state index contributed by atoms with van der Waals surface area (Å²) in [6.07, 6.45) is 2.98. The van der Waals surface area contributed by atoms with Crippen molar-refractivity contribution in [2.75, 3.05) is 0 Å². The van der Waals surface area contributed by atoms with Crippen LogP contribution in [-0.2, 0) is 4.79 Å². The summed E-state index contributed by atoms with van der Waals surface area (Å²) in [4.78, 5) is 28.8. The van der Waals surface area contributed by atoms with Gasteiger partial charge in [-0.15, -0.1) is 0 Å². The number of aromatic nitrogens is 1. The van der Waals surface area contributed by atoms with Gasteiger partial charge in [0, 0.05) is 24.6 Å². The first kappa shape index (κ1) is 18.8. The van der Waals surface area contributed by atoms with Gasteiger partial charge in [-0.05, 0) is 57.4 Å². The highest BCUT2D eigenvalue weighted by Crippen LogP contribution is 2.19. The molecule has 4 heteroatoms. The van der Waals surface area contributed by atoms with Gasteiger partial charge in [0.25, 0.3) is 0 Å². The smallest absolute Gasteiger partial charge is 0.220 e. The van der Waals surface area contributed by atoms with Crippen LogP contribution >= 0.6 is 0 Å². The van der Waals surface area contributed by atoms with E-state index in [2.05, 4.69) is 10.3 Å². The number of carbonyl (C=O) groups excluding carboxylic acids is 2. The molecule has 2 rings (SSSR count). The van der Waals surface area contributed by atoms with Crippen molar-refractivity contribution in [1.29, 1.82) is 0 Å². The molecule has 1 heterocycles. The molecule has 1 atom stereocenters. The average Bonchev–Trinajstić information content (AvgIpc) is 2.54. The lowest BCUT2D eigenvalue weighted by molar-refractivity contribution is -0.121. The first-order chi connectivity index (χ1) is 11.9. The van der Waals surface area contributed by atoms with Gasteiger partial charge < -0.3 is 5.32 Å². The van der Waals surface area contributed by atoms with E-state index in [1.807, 2.05) is 58.0 Å². The second-order valence-electron chi connectivity index (χ2n) is 6.59. The van der Waals surface area contributed by atoms with Crippen LogP contribution in [0.2, 0.25) is 0 Å². The van der Waals surface area contributed by atoms with Crippen molar-refractivity contribution < 1.29 is 9.59 Å². The number of amides is 1. The monoisotopic (exact) mass is 338 g/mol. The molecule has 1 N–H and O–H groups in total. The lowest BCUT2D eigenvalue weighted by atomic mass is 9.94. The van der Waals surface area contributed by atoms with Crippen LogP contribution in [0.25, 0.3) is 0 Å². The number of ketones is 1. The van der Waals surface area contributed by atoms with Crippen molar-refractivity contribution in [3.05, 3.63) is 64.5 Å². The van der Waals surface area contributed by atoms with Gasteiger partial charge in [-0.2, -0.15) is 0 Å². The average molecular weight is 338 g/mol. The van der Waals surface area contributed by atoms with Gasteiger partial charge in [0.05, 0.1) is 11.7 Å². The number of rotatable bonds is 7. The molecule has 25 heavy (non-hydrogen) atoms. The van der Waals surface area contributed by atoms with E-state index in [9.17, 15) is 9.59 Å². The first-order valence-electron chi connectivity index (χ1n) is 8.70. The lowest BCUT2D eigenvalue weighted by Gasteiger charge is -2.13. The van der Waals surface area contributed by atoms with Crippen molar-refractivity contribution in [2.45, 2.75) is 53.0 Å². The van der Waals surface area contributed by atoms with Gasteiger partial charge in [0.1, 0.15) is 0 Å². The van der Waals surface area contributed by atoms with Crippen LogP contribution < -0.4 is 5.32 Å². The summed E-state index contributed by atoms with van der Waals surface area (Å²) in [6.45, 7) is 7.87. The van der Waals surface area contributed by atoms with Crippen LogP contribution in [0.5, 0.6) is 0 Å². The Hall–Kier alpha value is -2.49. The second kappa shape index (κ2) is 8.56. The molecule has 1 amide bonds. The molecular weight excluding hydrogens is 312 g/mol. The van der Waals surface area contributed by atoms with E-state index >= 15 is 0 Å². The van der Waals surface area contributed by atoms with Crippen molar-refractivity contribution in [3.8, 4) is 0 Å². The molecule has 0 aliphatic rings. The van der Waals surface area contributed by atoms with E-state index in [0.29, 0.717) is 19.3 Å². The highest BCUT2D eigenvalue weighted by Gasteiger charge is 2.14. The summed E-state index contributed by atoms with van der Waals surface area (Å²) in [5.74, 6) is 0.0591. The highest BCUT2D eigenvalue weighted by molar-refractivity contribution is 5.99. The van der Waals surface area contributed by atoms with Crippen LogP contribution in [0.4, 0.5) is 0 Å². The van der Waals surface area contributed by atoms with E-state index in [4.69, 9.17) is 0 Å². The zero-order valence-corrected chi connectivity index (χ0v) is 15.4. The van der Waals surface area contributed by atoms with Gasteiger partial charge in [-0.3, -0.25) is 14.6 Å². The van der Waals surface area contributed by atoms with E-state index < -0.39 is 0 Å². The summed E-state index contributed by atoms with van der Waals surface area (Å²) in [5.41, 5.74) is 4.81. The highest BCUT2D eigenvalue weighted by atomic mass is 16.1. The number of aryl methyl sites for hydroxylation is 3. The fraction of sp³-hybridized carbons (Fsp3) is 0.381. The minimum atomic E-state index is -0.133. The summed E-state index contributed by atoms with van der Waals surface area (Å²) in [6, 6.07) is 9.56. The number of pyridine rings is 1. The molecule has 132 valence electrons. The minimum Gasteiger partial charge on any atom is -0.348 e. The number of Topliss-reactive ketones (excluding diaryl/α,β-unsaturated/α-hetero) is 1. The van der Waals surface area contributed by atoms with E-state index in [-0.39, 0.29) is 17.7 Å². The molecule has 0 aliphatic carbocycles. The zero-order chi connectivity index (χ0) is 18.4. The molecule has 0 fully saturated rings. The summed E-state index contributed by atoms with van der Waals surface area (Å²) in [7, 11) is 0. The normalized spacial score (nSPS) is 11.8. The van der Waals surface area contributed by atoms with Gasteiger partial charge >= 0.3 is 0 Å². The van der Waals surface area contributed by atoms with E-state index in [0.717, 1.165) is 27.9 Å². The van der Waals surface area contributed by atoms with Crippen LogP contribution in [0.15, 0.2) is 36.5 Å². The molecule has 1 aromatic carbocycles. The topological polar surface area (TPSA) is 59.1 Å². The predicted molar refractivity (Wildman–Crippen MR) is 99.6 cm³/mol. The van der Waals surface area contributed by atoms with Crippen LogP contribution in [-0.4, -0.2) is 16.7 Å². The minimum absolute atomic E-state index is 0.0525. The molecule has 0 bridgehead atoms. The first-order valence-corrected chi connectivity index (χ1v) is 8.70. The molecule has 0 unspecified atom stereocenters. The Balaban J connectivity index is 1.84. The Kier molecular flexibility index (Phi) is 6.45. The molecule has 0 saturated heterocycles. The predicted octanol–water partition coefficient (Wildman–Crippen LogP) is 4.24. The van der Waals surface area contributed by atoms with Gasteiger partial charge in [-0.25, -0.2) is 0 Å². The van der Waals surface area contributed by atoms with Crippen molar-refractivity contribution >= 4 is 11.7 Å². The van der Waals surface area contributed by atoms with Crippen molar-refractivity contribution in [3.63, 3.8) is 0 Å². The summed E-state index contributed by atoms with van der Waals surface area (Å²) in [5, 5.41) is 2.93. The number of hydrogen-bond acceptors (Lipinski definition) is 3. The number of benzene rings is 1. The maximum Gasteiger partial charge on any atom is 0.220 e. The van der Waals surface area contributed by atoms with E-state index in [1.54, 1.807) is 6.20 Å². The third-order valence-corrected chi connectivity index (χ3v) is 4.27. The maximum atomic E-state index is 12.5. The fourth-order valence-corrected chi connectivity index (χ4v) is 3.17. The van der Waals surface area contributed by atoms with Crippen molar-refractivity contribution in [2.24, 2.45) is 0 Å². The summed E-state index contributed by atoms with van der Waals surface area (Å²) < 4.78 is 0. The van der Waals surface area contributed by atoms with Crippen LogP contribution in [0.1, 0.15) is 65.0 Å². The third kappa shape index (κ3) is 5.24. The molecule has 0 aliphatic heterocycles. The number of hydrogen-bond donors (Lipinski definition) is 1. The van der Waals surface area contributed by atoms with Gasteiger partial charge in [0.2, 0.25) is 5.91 Å².